The van der Waals surface area contributed by atoms with Crippen LogP contribution in [-0.4, -0.2) is 39.6 Å². The van der Waals surface area contributed by atoms with Gasteiger partial charge in [-0.15, -0.1) is 0 Å². The number of nitrogens with zero attached hydrogens (tertiary/aromatic N) is 3. The fourth-order valence-corrected chi connectivity index (χ4v) is 3.52. The predicted octanol–water partition coefficient (Wildman–Crippen LogP) is 3.72. The third-order valence-electron chi connectivity index (χ3n) is 5.01. The van der Waals surface area contributed by atoms with Gasteiger partial charge < -0.3 is 15.8 Å². The van der Waals surface area contributed by atoms with E-state index in [0.717, 1.165) is 0 Å². The van der Waals surface area contributed by atoms with Crippen molar-refractivity contribution in [1.82, 2.24) is 19.9 Å². The first-order chi connectivity index (χ1) is 15.4. The summed E-state index contributed by atoms with van der Waals surface area (Å²) in [6.45, 7) is 6.56. The van der Waals surface area contributed by atoms with Gasteiger partial charge in [0.1, 0.15) is 16.9 Å². The summed E-state index contributed by atoms with van der Waals surface area (Å²) in [7, 11) is 0. The number of rotatable bonds is 6. The molecule has 0 unspecified atom stereocenters. The zero-order chi connectivity index (χ0) is 22.8. The molecule has 1 amide bonds. The van der Waals surface area contributed by atoms with Gasteiger partial charge in [0, 0.05) is 12.2 Å². The van der Waals surface area contributed by atoms with E-state index in [1.54, 1.807) is 35.8 Å². The highest BCUT2D eigenvalue weighted by atomic mass is 16.5. The van der Waals surface area contributed by atoms with Crippen LogP contribution in [0.4, 0.5) is 5.82 Å². The Morgan fingerprint density at radius 1 is 1.09 bits per heavy atom. The molecule has 8 nitrogen and oxygen atoms in total. The quantitative estimate of drug-likeness (QED) is 0.450. The summed E-state index contributed by atoms with van der Waals surface area (Å²) in [5.41, 5.74) is 9.93. The minimum Gasteiger partial charge on any atom is -0.462 e. The standard InChI is InChI=1S/C24H25N5O3/c1-4-32-24(31)15-8-7-9-16(12-15)29-21(25)19(23(30)26-13-14(2)3)20-22(29)28-18-11-6-5-10-17(18)27-20/h5-12,14H,4,13,25H2,1-3H3,(H,26,30). The van der Waals surface area contributed by atoms with Crippen LogP contribution in [0.5, 0.6) is 0 Å². The molecule has 0 saturated heterocycles. The topological polar surface area (TPSA) is 112 Å². The molecule has 164 valence electrons. The third kappa shape index (κ3) is 3.87. The normalized spacial score (nSPS) is 11.2. The maximum atomic E-state index is 13.1. The third-order valence-corrected chi connectivity index (χ3v) is 5.01. The van der Waals surface area contributed by atoms with Gasteiger partial charge >= 0.3 is 5.97 Å². The first-order valence-electron chi connectivity index (χ1n) is 10.5. The number of nitrogens with one attached hydrogen (secondary N) is 1. The first-order valence-corrected chi connectivity index (χ1v) is 10.5. The van der Waals surface area contributed by atoms with E-state index in [1.807, 2.05) is 38.1 Å². The Morgan fingerprint density at radius 2 is 1.81 bits per heavy atom. The van der Waals surface area contributed by atoms with E-state index in [2.05, 4.69) is 5.32 Å². The Labute approximate surface area is 185 Å². The summed E-state index contributed by atoms with van der Waals surface area (Å²) in [5.74, 6) is -0.263. The molecule has 2 heterocycles. The molecule has 4 aromatic rings. The lowest BCUT2D eigenvalue weighted by molar-refractivity contribution is 0.0526. The van der Waals surface area contributed by atoms with Crippen molar-refractivity contribution < 1.29 is 14.3 Å². The molecule has 0 saturated carbocycles. The molecule has 2 aromatic carbocycles. The zero-order valence-electron chi connectivity index (χ0n) is 18.3. The maximum absolute atomic E-state index is 13.1. The van der Waals surface area contributed by atoms with Gasteiger partial charge in [-0.05, 0) is 43.2 Å². The Hall–Kier alpha value is -3.94. The van der Waals surface area contributed by atoms with E-state index in [4.69, 9.17) is 20.4 Å². The molecule has 0 aliphatic rings. The fraction of sp³-hybridized carbons (Fsp3) is 0.250. The van der Waals surface area contributed by atoms with Gasteiger partial charge in [0.25, 0.3) is 5.91 Å². The van der Waals surface area contributed by atoms with Crippen LogP contribution in [0.1, 0.15) is 41.5 Å². The lowest BCUT2D eigenvalue weighted by Crippen LogP contribution is -2.28. The number of hydrogen-bond donors (Lipinski definition) is 2. The second-order valence-corrected chi connectivity index (χ2v) is 7.85. The summed E-state index contributed by atoms with van der Waals surface area (Å²) in [4.78, 5) is 34.8. The maximum Gasteiger partial charge on any atom is 0.338 e. The van der Waals surface area contributed by atoms with Gasteiger partial charge in [-0.2, -0.15) is 0 Å². The van der Waals surface area contributed by atoms with Crippen molar-refractivity contribution in [2.75, 3.05) is 18.9 Å². The summed E-state index contributed by atoms with van der Waals surface area (Å²) in [5, 5.41) is 2.92. The number of amides is 1. The predicted molar refractivity (Wildman–Crippen MR) is 124 cm³/mol. The van der Waals surface area contributed by atoms with Crippen molar-refractivity contribution >= 4 is 39.9 Å². The molecule has 0 atom stereocenters. The van der Waals surface area contributed by atoms with Crippen LogP contribution in [0.2, 0.25) is 0 Å². The lowest BCUT2D eigenvalue weighted by atomic mass is 10.2. The minimum absolute atomic E-state index is 0.206. The van der Waals surface area contributed by atoms with Gasteiger partial charge in [-0.3, -0.25) is 9.36 Å². The van der Waals surface area contributed by atoms with Crippen LogP contribution in [0.15, 0.2) is 48.5 Å². The van der Waals surface area contributed by atoms with Gasteiger partial charge in [-0.1, -0.05) is 32.0 Å². The number of para-hydroxylation sites is 2. The second-order valence-electron chi connectivity index (χ2n) is 7.85. The number of fused-ring (bicyclic) bond motifs is 2. The highest BCUT2D eigenvalue weighted by molar-refractivity contribution is 6.11. The summed E-state index contributed by atoms with van der Waals surface area (Å²) < 4.78 is 6.77. The van der Waals surface area contributed by atoms with Crippen molar-refractivity contribution in [2.24, 2.45) is 5.92 Å². The molecule has 0 spiro atoms. The molecule has 0 radical (unpaired) electrons. The first kappa shape index (κ1) is 21.3. The van der Waals surface area contributed by atoms with Crippen LogP contribution >= 0.6 is 0 Å². The number of ether oxygens (including phenoxy) is 1. The van der Waals surface area contributed by atoms with Crippen LogP contribution in [-0.2, 0) is 4.74 Å². The second kappa shape index (κ2) is 8.66. The van der Waals surface area contributed by atoms with Gasteiger partial charge in [0.05, 0.1) is 23.2 Å². The molecule has 0 aliphatic carbocycles. The van der Waals surface area contributed by atoms with Crippen LogP contribution in [0.25, 0.3) is 27.9 Å². The Balaban J connectivity index is 1.95. The van der Waals surface area contributed by atoms with Crippen molar-refractivity contribution in [3.8, 4) is 5.69 Å². The fourth-order valence-electron chi connectivity index (χ4n) is 3.52. The van der Waals surface area contributed by atoms with Crippen LogP contribution in [0, 0.1) is 5.92 Å². The van der Waals surface area contributed by atoms with E-state index < -0.39 is 5.97 Å². The molecule has 0 aliphatic heterocycles. The molecular weight excluding hydrogens is 406 g/mol. The van der Waals surface area contributed by atoms with E-state index in [-0.39, 0.29) is 29.8 Å². The zero-order valence-corrected chi connectivity index (χ0v) is 18.3. The van der Waals surface area contributed by atoms with Gasteiger partial charge in [0.15, 0.2) is 5.65 Å². The number of anilines is 1. The average molecular weight is 431 g/mol. The Bertz CT molecular complexity index is 1330. The van der Waals surface area contributed by atoms with Gasteiger partial charge in [-0.25, -0.2) is 14.8 Å². The molecule has 0 bridgehead atoms. The smallest absolute Gasteiger partial charge is 0.338 e. The number of benzene rings is 2. The monoisotopic (exact) mass is 431 g/mol. The SMILES string of the molecule is CCOC(=O)c1cccc(-n2c(N)c(C(=O)NCC(C)C)c3nc4ccccc4nc32)c1. The van der Waals surface area contributed by atoms with Gasteiger partial charge in [0.2, 0.25) is 0 Å². The average Bonchev–Trinajstić information content (AvgIpc) is 3.06. The number of hydrogen-bond acceptors (Lipinski definition) is 6. The highest BCUT2D eigenvalue weighted by Gasteiger charge is 2.25. The number of nitrogen functional groups attached to an aromatic ring is 1. The number of nitrogens with two attached hydrogens (primary N) is 1. The Kier molecular flexibility index (Phi) is 5.77. The van der Waals surface area contributed by atoms with E-state index in [9.17, 15) is 9.59 Å². The van der Waals surface area contributed by atoms with Crippen LogP contribution < -0.4 is 11.1 Å². The summed E-state index contributed by atoms with van der Waals surface area (Å²) in [6.07, 6.45) is 0. The number of aromatic nitrogens is 3. The molecule has 32 heavy (non-hydrogen) atoms. The van der Waals surface area contributed by atoms with Crippen molar-refractivity contribution in [1.29, 1.82) is 0 Å². The molecular formula is C24H25N5O3. The van der Waals surface area contributed by atoms with Crippen molar-refractivity contribution in [3.05, 3.63) is 59.7 Å². The largest absolute Gasteiger partial charge is 0.462 e. The molecule has 0 fully saturated rings. The minimum atomic E-state index is -0.434. The van der Waals surface area contributed by atoms with Crippen LogP contribution in [0.3, 0.4) is 0 Å². The number of carbonyl (C=O) groups excluding carboxylic acids is 2. The summed E-state index contributed by atoms with van der Waals surface area (Å²) >= 11 is 0. The van der Waals surface area contributed by atoms with E-state index in [1.165, 1.54) is 0 Å². The number of carbonyl (C=O) groups is 2. The van der Waals surface area contributed by atoms with E-state index in [0.29, 0.717) is 40.0 Å². The molecule has 4 rings (SSSR count). The number of esters is 1. The Morgan fingerprint density at radius 3 is 2.50 bits per heavy atom. The lowest BCUT2D eigenvalue weighted by Gasteiger charge is -2.10. The molecule has 3 N–H and O–H groups in total. The van der Waals surface area contributed by atoms with Crippen molar-refractivity contribution in [3.63, 3.8) is 0 Å². The van der Waals surface area contributed by atoms with Crippen molar-refractivity contribution in [2.45, 2.75) is 20.8 Å². The molecule has 2 aromatic heterocycles. The molecule has 8 heteroatoms. The van der Waals surface area contributed by atoms with E-state index >= 15 is 0 Å². The highest BCUT2D eigenvalue weighted by Crippen LogP contribution is 2.31. The summed E-state index contributed by atoms with van der Waals surface area (Å²) in [6, 6.07) is 14.3.